The first-order valence-corrected chi connectivity index (χ1v) is 14.0. The Morgan fingerprint density at radius 3 is 2.69 bits per heavy atom. The van der Waals surface area contributed by atoms with Gasteiger partial charge in [-0.25, -0.2) is 18.7 Å². The summed E-state index contributed by atoms with van der Waals surface area (Å²) in [5.41, 5.74) is 1.41. The van der Waals surface area contributed by atoms with E-state index in [1.54, 1.807) is 25.3 Å². The summed E-state index contributed by atoms with van der Waals surface area (Å²) in [4.78, 5) is 17.7. The summed E-state index contributed by atoms with van der Waals surface area (Å²) in [5.74, 6) is 0.606. The van der Waals surface area contributed by atoms with Crippen LogP contribution in [0.25, 0.3) is 11.3 Å². The SMILES string of the molecule is COc1nc(Nc2ncc(F)c(-c3ccc(OC4CCNCC4F)c(C#N)c3)n2)ccc1N1CCN(C2COC2)CC1. The number of piperidine rings is 1. The molecule has 0 bridgehead atoms. The second kappa shape index (κ2) is 12.4. The Morgan fingerprint density at radius 1 is 1.14 bits per heavy atom. The number of ether oxygens (including phenoxy) is 3. The van der Waals surface area contributed by atoms with E-state index in [1.165, 1.54) is 6.07 Å². The molecule has 42 heavy (non-hydrogen) atoms. The number of benzene rings is 1. The number of nitrogens with zero attached hydrogens (tertiary/aromatic N) is 6. The van der Waals surface area contributed by atoms with Crippen molar-refractivity contribution in [2.45, 2.75) is 24.7 Å². The second-order valence-corrected chi connectivity index (χ2v) is 10.4. The Kier molecular flexibility index (Phi) is 8.27. The zero-order chi connectivity index (χ0) is 29.1. The van der Waals surface area contributed by atoms with Gasteiger partial charge in [0.25, 0.3) is 0 Å². The summed E-state index contributed by atoms with van der Waals surface area (Å²) >= 11 is 0. The Balaban J connectivity index is 1.17. The maximum absolute atomic E-state index is 14.9. The molecule has 6 rings (SSSR count). The molecule has 220 valence electrons. The highest BCUT2D eigenvalue weighted by Gasteiger charge is 2.30. The van der Waals surface area contributed by atoms with Crippen molar-refractivity contribution in [3.05, 3.63) is 47.9 Å². The lowest BCUT2D eigenvalue weighted by molar-refractivity contribution is -0.0660. The maximum atomic E-state index is 14.9. The maximum Gasteiger partial charge on any atom is 0.239 e. The van der Waals surface area contributed by atoms with E-state index in [9.17, 15) is 14.0 Å². The highest BCUT2D eigenvalue weighted by atomic mass is 19.1. The highest BCUT2D eigenvalue weighted by Crippen LogP contribution is 2.32. The average molecular weight is 579 g/mol. The number of alkyl halides is 1. The van der Waals surface area contributed by atoms with Gasteiger partial charge in [-0.05, 0) is 43.3 Å². The summed E-state index contributed by atoms with van der Waals surface area (Å²) in [6.45, 7) is 6.03. The molecule has 3 saturated heterocycles. The summed E-state index contributed by atoms with van der Waals surface area (Å²) in [6.07, 6.45) is -0.298. The average Bonchev–Trinajstić information content (AvgIpc) is 2.99. The predicted molar refractivity (Wildman–Crippen MR) is 151 cm³/mol. The third-order valence-electron chi connectivity index (χ3n) is 7.81. The molecule has 0 amide bonds. The number of rotatable bonds is 8. The fraction of sp³-hybridized carbons (Fsp3) is 0.448. The molecule has 11 nitrogen and oxygen atoms in total. The van der Waals surface area contributed by atoms with Crippen LogP contribution in [0.2, 0.25) is 0 Å². The van der Waals surface area contributed by atoms with Crippen molar-refractivity contribution in [3.8, 4) is 29.0 Å². The van der Waals surface area contributed by atoms with E-state index in [0.29, 0.717) is 36.3 Å². The first-order valence-electron chi connectivity index (χ1n) is 14.0. The van der Waals surface area contributed by atoms with E-state index in [2.05, 4.69) is 41.5 Å². The number of nitriles is 1. The van der Waals surface area contributed by atoms with Crippen LogP contribution in [0.1, 0.15) is 12.0 Å². The monoisotopic (exact) mass is 578 g/mol. The van der Waals surface area contributed by atoms with Gasteiger partial charge in [0.15, 0.2) is 5.82 Å². The lowest BCUT2D eigenvalue weighted by Gasteiger charge is -2.43. The lowest BCUT2D eigenvalue weighted by Crippen LogP contribution is -2.56. The molecule has 0 saturated carbocycles. The van der Waals surface area contributed by atoms with Crippen LogP contribution in [0, 0.1) is 17.1 Å². The summed E-state index contributed by atoms with van der Waals surface area (Å²) in [7, 11) is 1.57. The van der Waals surface area contributed by atoms with Crippen molar-refractivity contribution < 1.29 is 23.0 Å². The predicted octanol–water partition coefficient (Wildman–Crippen LogP) is 2.90. The van der Waals surface area contributed by atoms with E-state index < -0.39 is 18.1 Å². The van der Waals surface area contributed by atoms with E-state index in [1.807, 2.05) is 6.07 Å². The summed E-state index contributed by atoms with van der Waals surface area (Å²) in [6, 6.07) is 10.9. The van der Waals surface area contributed by atoms with Gasteiger partial charge in [0.2, 0.25) is 11.8 Å². The smallest absolute Gasteiger partial charge is 0.239 e. The molecule has 3 aromatic rings. The molecule has 2 N–H and O–H groups in total. The number of anilines is 3. The van der Waals surface area contributed by atoms with Crippen molar-refractivity contribution in [1.82, 2.24) is 25.2 Å². The van der Waals surface area contributed by atoms with Crippen LogP contribution in [0.4, 0.5) is 26.2 Å². The topological polar surface area (TPSA) is 121 Å². The molecule has 0 radical (unpaired) electrons. The molecule has 2 aromatic heterocycles. The van der Waals surface area contributed by atoms with Crippen molar-refractivity contribution in [3.63, 3.8) is 0 Å². The number of nitrogens with one attached hydrogen (secondary N) is 2. The normalized spacial score (nSPS) is 21.3. The van der Waals surface area contributed by atoms with Gasteiger partial charge < -0.3 is 29.7 Å². The minimum Gasteiger partial charge on any atom is -0.486 e. The summed E-state index contributed by atoms with van der Waals surface area (Å²) < 4.78 is 45.8. The standard InChI is InChI=1S/C29H32F2N8O3/c1-40-28-23(39-10-8-38(9-11-39)20-16-41-17-20)3-5-26(35-28)36-29-34-15-22(31)27(37-29)18-2-4-24(19(12-18)13-32)42-25-6-7-33-14-21(25)30/h2-5,12,15,20-21,25,33H,6-11,14,16-17H2,1H3,(H,34,35,36,37). The lowest BCUT2D eigenvalue weighted by atomic mass is 10.1. The van der Waals surface area contributed by atoms with Crippen LogP contribution >= 0.6 is 0 Å². The second-order valence-electron chi connectivity index (χ2n) is 10.4. The number of halogens is 2. The Labute approximate surface area is 242 Å². The molecular weight excluding hydrogens is 546 g/mol. The van der Waals surface area contributed by atoms with Crippen molar-refractivity contribution >= 4 is 17.5 Å². The fourth-order valence-electron chi connectivity index (χ4n) is 5.36. The first kappa shape index (κ1) is 28.0. The first-order chi connectivity index (χ1) is 20.5. The zero-order valence-corrected chi connectivity index (χ0v) is 23.2. The van der Waals surface area contributed by atoms with Gasteiger partial charge in [0.1, 0.15) is 41.3 Å². The Bertz CT molecular complexity index is 1460. The van der Waals surface area contributed by atoms with Crippen LogP contribution in [0.5, 0.6) is 11.6 Å². The molecule has 0 spiro atoms. The number of aromatic nitrogens is 3. The van der Waals surface area contributed by atoms with E-state index in [0.717, 1.165) is 51.3 Å². The van der Waals surface area contributed by atoms with Crippen molar-refractivity contribution in [1.29, 1.82) is 5.26 Å². The van der Waals surface area contributed by atoms with Crippen LogP contribution < -0.4 is 25.0 Å². The van der Waals surface area contributed by atoms with Crippen molar-refractivity contribution in [2.75, 3.05) is 69.8 Å². The Morgan fingerprint density at radius 2 is 1.98 bits per heavy atom. The number of pyridine rings is 1. The fourth-order valence-corrected chi connectivity index (χ4v) is 5.36. The van der Waals surface area contributed by atoms with Gasteiger partial charge in [-0.15, -0.1) is 0 Å². The largest absolute Gasteiger partial charge is 0.486 e. The quantitative estimate of drug-likeness (QED) is 0.411. The zero-order valence-electron chi connectivity index (χ0n) is 23.2. The van der Waals surface area contributed by atoms with Gasteiger partial charge in [-0.3, -0.25) is 4.90 Å². The number of methoxy groups -OCH3 is 1. The summed E-state index contributed by atoms with van der Waals surface area (Å²) in [5, 5.41) is 15.7. The van der Waals surface area contributed by atoms with Crippen LogP contribution in [0.3, 0.4) is 0 Å². The number of piperazine rings is 1. The van der Waals surface area contributed by atoms with Gasteiger partial charge in [0, 0.05) is 38.3 Å². The molecular formula is C29H32F2N8O3. The number of hydrogen-bond donors (Lipinski definition) is 2. The molecule has 3 aliphatic heterocycles. The molecule has 1 aromatic carbocycles. The minimum atomic E-state index is -1.18. The van der Waals surface area contributed by atoms with Gasteiger partial charge in [-0.1, -0.05) is 0 Å². The molecule has 3 aliphatic rings. The molecule has 13 heteroatoms. The van der Waals surface area contributed by atoms with Crippen LogP contribution in [-0.2, 0) is 4.74 Å². The van der Waals surface area contributed by atoms with Crippen LogP contribution in [0.15, 0.2) is 36.5 Å². The Hall–Kier alpha value is -4.12. The third kappa shape index (κ3) is 5.92. The van der Waals surface area contributed by atoms with Gasteiger partial charge in [-0.2, -0.15) is 10.2 Å². The molecule has 2 unspecified atom stereocenters. The van der Waals surface area contributed by atoms with E-state index in [-0.39, 0.29) is 29.5 Å². The minimum absolute atomic E-state index is 0.000830. The van der Waals surface area contributed by atoms with Crippen LogP contribution in [-0.4, -0.2) is 97.8 Å². The molecule has 0 aliphatic carbocycles. The molecule has 2 atom stereocenters. The van der Waals surface area contributed by atoms with E-state index >= 15 is 0 Å². The molecule has 5 heterocycles. The van der Waals surface area contributed by atoms with Crippen molar-refractivity contribution in [2.24, 2.45) is 0 Å². The number of hydrogen-bond acceptors (Lipinski definition) is 11. The van der Waals surface area contributed by atoms with Gasteiger partial charge >= 0.3 is 0 Å². The third-order valence-corrected chi connectivity index (χ3v) is 7.81. The van der Waals surface area contributed by atoms with Gasteiger partial charge in [0.05, 0.1) is 38.1 Å². The van der Waals surface area contributed by atoms with E-state index in [4.69, 9.17) is 14.2 Å². The highest BCUT2D eigenvalue weighted by molar-refractivity contribution is 5.67. The molecule has 3 fully saturated rings.